The highest BCUT2D eigenvalue weighted by atomic mass is 32.2. The number of hydrogen-bond acceptors (Lipinski definition) is 3. The van der Waals surface area contributed by atoms with Gasteiger partial charge in [-0.2, -0.15) is 0 Å². The average molecular weight is 303 g/mol. The molecule has 2 aromatic rings. The van der Waals surface area contributed by atoms with E-state index in [9.17, 15) is 4.21 Å². The predicted octanol–water partition coefficient (Wildman–Crippen LogP) is 3.85. The third-order valence-corrected chi connectivity index (χ3v) is 5.05. The van der Waals surface area contributed by atoms with Gasteiger partial charge >= 0.3 is 0 Å². The van der Waals surface area contributed by atoms with Crippen LogP contribution in [-0.2, 0) is 10.8 Å². The van der Waals surface area contributed by atoms with Crippen LogP contribution in [0.25, 0.3) is 11.1 Å². The van der Waals surface area contributed by atoms with E-state index in [1.54, 1.807) is 7.11 Å². The Morgan fingerprint density at radius 1 is 1.05 bits per heavy atom. The van der Waals surface area contributed by atoms with Crippen molar-refractivity contribution in [1.82, 2.24) is 0 Å². The molecule has 112 valence electrons. The molecule has 0 aliphatic heterocycles. The van der Waals surface area contributed by atoms with Crippen LogP contribution in [0.15, 0.2) is 47.4 Å². The van der Waals surface area contributed by atoms with Crippen molar-refractivity contribution in [2.24, 2.45) is 0 Å². The van der Waals surface area contributed by atoms with E-state index in [2.05, 4.69) is 0 Å². The molecule has 4 heteroatoms. The van der Waals surface area contributed by atoms with E-state index >= 15 is 0 Å². The van der Waals surface area contributed by atoms with Crippen molar-refractivity contribution in [2.45, 2.75) is 30.4 Å². The molecule has 2 aromatic carbocycles. The Bertz CT molecular complexity index is 675. The van der Waals surface area contributed by atoms with Crippen LogP contribution >= 0.6 is 0 Å². The number of ether oxygens (including phenoxy) is 1. The molecule has 0 saturated carbocycles. The lowest BCUT2D eigenvalue weighted by Crippen LogP contribution is -2.22. The third kappa shape index (κ3) is 3.10. The highest BCUT2D eigenvalue weighted by Crippen LogP contribution is 2.40. The van der Waals surface area contributed by atoms with E-state index < -0.39 is 10.8 Å². The fourth-order valence-corrected chi connectivity index (χ4v) is 3.41. The molecule has 0 amide bonds. The molecule has 0 radical (unpaired) electrons. The van der Waals surface area contributed by atoms with E-state index in [1.165, 1.54) is 0 Å². The summed E-state index contributed by atoms with van der Waals surface area (Å²) >= 11 is 0. The molecule has 0 bridgehead atoms. The minimum absolute atomic E-state index is 0.356. The van der Waals surface area contributed by atoms with Crippen molar-refractivity contribution in [3.05, 3.63) is 42.5 Å². The summed E-state index contributed by atoms with van der Waals surface area (Å²) in [5, 5.41) is 0. The molecule has 0 aliphatic rings. The van der Waals surface area contributed by atoms with Gasteiger partial charge in [-0.3, -0.25) is 4.21 Å². The van der Waals surface area contributed by atoms with E-state index in [0.717, 1.165) is 16.0 Å². The monoisotopic (exact) mass is 303 g/mol. The van der Waals surface area contributed by atoms with Crippen LogP contribution in [-0.4, -0.2) is 16.1 Å². The van der Waals surface area contributed by atoms with E-state index in [0.29, 0.717) is 11.4 Å². The quantitative estimate of drug-likeness (QED) is 0.876. The minimum atomic E-state index is -1.17. The van der Waals surface area contributed by atoms with Crippen LogP contribution in [0.5, 0.6) is 5.75 Å². The first-order valence-electron chi connectivity index (χ1n) is 6.80. The molecule has 21 heavy (non-hydrogen) atoms. The largest absolute Gasteiger partial charge is 0.496 e. The maximum absolute atomic E-state index is 12.9. The molecule has 0 spiro atoms. The summed E-state index contributed by atoms with van der Waals surface area (Å²) in [6.07, 6.45) is 0. The second-order valence-corrected chi connectivity index (χ2v) is 8.00. The first kappa shape index (κ1) is 15.6. The van der Waals surface area contributed by atoms with Crippen LogP contribution in [0, 0.1) is 0 Å². The maximum atomic E-state index is 12.9. The smallest absolute Gasteiger partial charge is 0.127 e. The van der Waals surface area contributed by atoms with Gasteiger partial charge in [0.25, 0.3) is 0 Å². The molecule has 2 rings (SSSR count). The topological polar surface area (TPSA) is 52.3 Å². The number of nitrogens with two attached hydrogens (primary N) is 1. The van der Waals surface area contributed by atoms with Gasteiger partial charge in [0.15, 0.2) is 0 Å². The van der Waals surface area contributed by atoms with Gasteiger partial charge in [0.1, 0.15) is 5.75 Å². The molecule has 1 unspecified atom stereocenters. The van der Waals surface area contributed by atoms with Gasteiger partial charge < -0.3 is 10.5 Å². The Morgan fingerprint density at radius 3 is 2.29 bits per heavy atom. The zero-order valence-electron chi connectivity index (χ0n) is 12.8. The van der Waals surface area contributed by atoms with Crippen molar-refractivity contribution < 1.29 is 8.95 Å². The van der Waals surface area contributed by atoms with Gasteiger partial charge in [-0.15, -0.1) is 0 Å². The van der Waals surface area contributed by atoms with Crippen molar-refractivity contribution >= 4 is 16.5 Å². The summed E-state index contributed by atoms with van der Waals surface area (Å²) in [6, 6.07) is 13.2. The van der Waals surface area contributed by atoms with Crippen LogP contribution in [0.3, 0.4) is 0 Å². The van der Waals surface area contributed by atoms with Gasteiger partial charge in [-0.25, -0.2) is 0 Å². The zero-order chi connectivity index (χ0) is 15.6. The summed E-state index contributed by atoms with van der Waals surface area (Å²) in [4.78, 5) is 0.750. The predicted molar refractivity (Wildman–Crippen MR) is 89.0 cm³/mol. The molecular formula is C17H21NO2S. The molecule has 0 saturated heterocycles. The third-order valence-electron chi connectivity index (χ3n) is 3.19. The Balaban J connectivity index is 2.74. The standard InChI is InChI=1S/C17H21NO2S/c1-17(2,3)21(19)15-11-7-10-14(20-4)16(15)12-8-5-6-9-13(12)18/h5-11H,18H2,1-4H3. The van der Waals surface area contributed by atoms with Crippen molar-refractivity contribution in [3.8, 4) is 16.9 Å². The normalized spacial score (nSPS) is 13.0. The van der Waals surface area contributed by atoms with Crippen LogP contribution in [0.1, 0.15) is 20.8 Å². The number of nitrogen functional groups attached to an aromatic ring is 1. The summed E-state index contributed by atoms with van der Waals surface area (Å²) in [6.45, 7) is 5.88. The van der Waals surface area contributed by atoms with Crippen LogP contribution < -0.4 is 10.5 Å². The van der Waals surface area contributed by atoms with Crippen LogP contribution in [0.4, 0.5) is 5.69 Å². The molecule has 0 fully saturated rings. The number of para-hydroxylation sites is 1. The average Bonchev–Trinajstić information content (AvgIpc) is 2.45. The lowest BCUT2D eigenvalue weighted by molar-refractivity contribution is 0.415. The van der Waals surface area contributed by atoms with Crippen molar-refractivity contribution in [1.29, 1.82) is 0 Å². The lowest BCUT2D eigenvalue weighted by Gasteiger charge is -2.22. The Morgan fingerprint density at radius 2 is 1.71 bits per heavy atom. The number of benzene rings is 2. The SMILES string of the molecule is COc1cccc(S(=O)C(C)(C)C)c1-c1ccccc1N. The van der Waals surface area contributed by atoms with Crippen molar-refractivity contribution in [2.75, 3.05) is 12.8 Å². The highest BCUT2D eigenvalue weighted by Gasteiger charge is 2.26. The van der Waals surface area contributed by atoms with Crippen molar-refractivity contribution in [3.63, 3.8) is 0 Å². The Hall–Kier alpha value is -1.81. The van der Waals surface area contributed by atoms with E-state index in [1.807, 2.05) is 63.2 Å². The van der Waals surface area contributed by atoms with Gasteiger partial charge in [0.2, 0.25) is 0 Å². The summed E-state index contributed by atoms with van der Waals surface area (Å²) in [5.74, 6) is 0.683. The van der Waals surface area contributed by atoms with Crippen LogP contribution in [0.2, 0.25) is 0 Å². The summed E-state index contributed by atoms with van der Waals surface area (Å²) in [7, 11) is 0.444. The number of anilines is 1. The summed E-state index contributed by atoms with van der Waals surface area (Å²) in [5.41, 5.74) is 8.41. The first-order chi connectivity index (χ1) is 9.86. The molecule has 3 nitrogen and oxygen atoms in total. The van der Waals surface area contributed by atoms with Gasteiger partial charge in [-0.1, -0.05) is 24.3 Å². The number of methoxy groups -OCH3 is 1. The highest BCUT2D eigenvalue weighted by molar-refractivity contribution is 7.86. The molecule has 2 N–H and O–H groups in total. The van der Waals surface area contributed by atoms with Gasteiger partial charge in [0.05, 0.1) is 22.8 Å². The molecule has 0 aliphatic carbocycles. The van der Waals surface area contributed by atoms with Gasteiger partial charge in [-0.05, 0) is 39.0 Å². The minimum Gasteiger partial charge on any atom is -0.496 e. The molecule has 0 heterocycles. The zero-order valence-corrected chi connectivity index (χ0v) is 13.7. The van der Waals surface area contributed by atoms with Gasteiger partial charge in [0, 0.05) is 21.6 Å². The number of hydrogen-bond donors (Lipinski definition) is 1. The summed E-state index contributed by atoms with van der Waals surface area (Å²) < 4.78 is 18.0. The fourth-order valence-electron chi connectivity index (χ4n) is 2.16. The molecule has 0 aromatic heterocycles. The Labute approximate surface area is 128 Å². The molecular weight excluding hydrogens is 282 g/mol. The maximum Gasteiger partial charge on any atom is 0.127 e. The fraction of sp³-hybridized carbons (Fsp3) is 0.294. The number of rotatable bonds is 3. The van der Waals surface area contributed by atoms with E-state index in [4.69, 9.17) is 10.5 Å². The van der Waals surface area contributed by atoms with E-state index in [-0.39, 0.29) is 4.75 Å². The first-order valence-corrected chi connectivity index (χ1v) is 7.95. The second kappa shape index (κ2) is 5.90. The lowest BCUT2D eigenvalue weighted by atomic mass is 10.0. The second-order valence-electron chi connectivity index (χ2n) is 5.80. The molecule has 1 atom stereocenters. The Kier molecular flexibility index (Phi) is 4.37.